The summed E-state index contributed by atoms with van der Waals surface area (Å²) < 4.78 is 11.2. The van der Waals surface area contributed by atoms with E-state index in [4.69, 9.17) is 9.47 Å². The van der Waals surface area contributed by atoms with Crippen molar-refractivity contribution in [2.75, 3.05) is 7.11 Å². The lowest BCUT2D eigenvalue weighted by Crippen LogP contribution is -2.28. The van der Waals surface area contributed by atoms with Crippen molar-refractivity contribution in [3.05, 3.63) is 59.2 Å². The Morgan fingerprint density at radius 1 is 1.19 bits per heavy atom. The van der Waals surface area contributed by atoms with Gasteiger partial charge in [0.15, 0.2) is 0 Å². The van der Waals surface area contributed by atoms with Gasteiger partial charge in [0, 0.05) is 10.8 Å². The number of allylic oxidation sites excluding steroid dienone is 4. The summed E-state index contributed by atoms with van der Waals surface area (Å²) in [6, 6.07) is 8.19. The fourth-order valence-electron chi connectivity index (χ4n) is 2.51. The van der Waals surface area contributed by atoms with E-state index in [0.717, 1.165) is 17.9 Å². The molecule has 1 aromatic rings. The van der Waals surface area contributed by atoms with Gasteiger partial charge >= 0.3 is 0 Å². The Balaban J connectivity index is 1.72. The molecule has 3 heteroatoms. The molecule has 110 valence electrons. The molecule has 0 N–H and O–H groups in total. The fourth-order valence-corrected chi connectivity index (χ4v) is 3.49. The zero-order valence-corrected chi connectivity index (χ0v) is 13.4. The molecular formula is C18H20O2S. The van der Waals surface area contributed by atoms with Gasteiger partial charge in [0.2, 0.25) is 0 Å². The number of hydrogen-bond donors (Lipinski definition) is 0. The summed E-state index contributed by atoms with van der Waals surface area (Å²) >= 11 is 1.81. The second kappa shape index (κ2) is 5.64. The highest BCUT2D eigenvalue weighted by Gasteiger charge is 2.29. The summed E-state index contributed by atoms with van der Waals surface area (Å²) in [5, 5.41) is 0. The molecule has 0 spiro atoms. The van der Waals surface area contributed by atoms with Crippen molar-refractivity contribution < 1.29 is 9.47 Å². The molecule has 0 radical (unpaired) electrons. The Bertz CT molecular complexity index is 609. The highest BCUT2D eigenvalue weighted by atomic mass is 32.2. The van der Waals surface area contributed by atoms with Crippen LogP contribution in [0.3, 0.4) is 0 Å². The Kier molecular flexibility index (Phi) is 3.85. The molecule has 0 saturated heterocycles. The quantitative estimate of drug-likeness (QED) is 0.737. The molecule has 2 nitrogen and oxygen atoms in total. The van der Waals surface area contributed by atoms with Crippen molar-refractivity contribution in [1.82, 2.24) is 0 Å². The maximum atomic E-state index is 6.01. The average Bonchev–Trinajstić information content (AvgIpc) is 2.48. The molecule has 1 atom stereocenters. The van der Waals surface area contributed by atoms with Gasteiger partial charge in [-0.15, -0.1) is 0 Å². The first kappa shape index (κ1) is 14.3. The molecule has 1 heterocycles. The largest absolute Gasteiger partial charge is 0.497 e. The normalized spacial score (nSPS) is 22.7. The number of thioether (sulfide) groups is 1. The van der Waals surface area contributed by atoms with E-state index >= 15 is 0 Å². The Morgan fingerprint density at radius 3 is 2.67 bits per heavy atom. The van der Waals surface area contributed by atoms with Crippen LogP contribution in [-0.2, 0) is 4.74 Å². The van der Waals surface area contributed by atoms with Crippen LogP contribution in [0.15, 0.2) is 64.1 Å². The number of rotatable bonds is 3. The fraction of sp³-hybridized carbons (Fsp3) is 0.333. The number of fused-ring (bicyclic) bond motifs is 1. The first-order valence-electron chi connectivity index (χ1n) is 7.17. The van der Waals surface area contributed by atoms with Crippen LogP contribution in [-0.4, -0.2) is 12.7 Å². The molecule has 0 amide bonds. The lowest BCUT2D eigenvalue weighted by Gasteiger charge is -2.34. The van der Waals surface area contributed by atoms with Gasteiger partial charge in [0.25, 0.3) is 0 Å². The maximum Gasteiger partial charge on any atom is 0.121 e. The predicted molar refractivity (Wildman–Crippen MR) is 87.4 cm³/mol. The zero-order chi connectivity index (χ0) is 14.9. The summed E-state index contributed by atoms with van der Waals surface area (Å²) in [4.78, 5) is 2.60. The molecule has 2 aliphatic rings. The van der Waals surface area contributed by atoms with Gasteiger partial charge in [-0.1, -0.05) is 17.8 Å². The number of ether oxygens (including phenoxy) is 2. The average molecular weight is 300 g/mol. The molecule has 0 aromatic heterocycles. The lowest BCUT2D eigenvalue weighted by atomic mass is 9.92. The number of methoxy groups -OCH3 is 1. The minimum atomic E-state index is -0.184. The van der Waals surface area contributed by atoms with Crippen LogP contribution < -0.4 is 4.74 Å². The molecule has 1 aliphatic carbocycles. The van der Waals surface area contributed by atoms with Crippen LogP contribution in [0.4, 0.5) is 0 Å². The van der Waals surface area contributed by atoms with E-state index in [1.54, 1.807) is 7.11 Å². The van der Waals surface area contributed by atoms with E-state index in [-0.39, 0.29) is 5.60 Å². The van der Waals surface area contributed by atoms with Gasteiger partial charge in [-0.3, -0.25) is 0 Å². The first-order valence-corrected chi connectivity index (χ1v) is 7.98. The zero-order valence-electron chi connectivity index (χ0n) is 12.6. The molecule has 0 bridgehead atoms. The van der Waals surface area contributed by atoms with Crippen molar-refractivity contribution in [3.8, 4) is 5.75 Å². The predicted octanol–water partition coefficient (Wildman–Crippen LogP) is 4.94. The summed E-state index contributed by atoms with van der Waals surface area (Å²) in [7, 11) is 1.69. The van der Waals surface area contributed by atoms with E-state index in [2.05, 4.69) is 50.3 Å². The van der Waals surface area contributed by atoms with Gasteiger partial charge in [0.1, 0.15) is 17.1 Å². The van der Waals surface area contributed by atoms with Gasteiger partial charge in [-0.2, -0.15) is 0 Å². The van der Waals surface area contributed by atoms with Crippen molar-refractivity contribution in [1.29, 1.82) is 0 Å². The van der Waals surface area contributed by atoms with E-state index < -0.39 is 0 Å². The lowest BCUT2D eigenvalue weighted by molar-refractivity contribution is 0.0526. The molecule has 1 aliphatic heterocycles. The minimum absolute atomic E-state index is 0.184. The summed E-state index contributed by atoms with van der Waals surface area (Å²) in [6.07, 6.45) is 9.74. The minimum Gasteiger partial charge on any atom is -0.497 e. The van der Waals surface area contributed by atoms with Crippen molar-refractivity contribution in [2.24, 2.45) is 5.92 Å². The standard InChI is InChI=1S/C18H20O2S/c1-18(2)11-10-13-12-16(8-9-17(13)20-18)21-15-6-4-14(19-3)5-7-15/h4-11,13H,12H2,1-3H3. The molecule has 1 unspecified atom stereocenters. The summed E-state index contributed by atoms with van der Waals surface area (Å²) in [6.45, 7) is 4.18. The highest BCUT2D eigenvalue weighted by Crippen LogP contribution is 2.40. The van der Waals surface area contributed by atoms with Crippen LogP contribution >= 0.6 is 11.8 Å². The Labute approximate surface area is 130 Å². The van der Waals surface area contributed by atoms with Crippen LogP contribution in [0, 0.1) is 5.92 Å². The van der Waals surface area contributed by atoms with Gasteiger partial charge in [0.05, 0.1) is 7.11 Å². The number of benzene rings is 1. The second-order valence-electron chi connectivity index (χ2n) is 5.85. The third-order valence-electron chi connectivity index (χ3n) is 3.64. The van der Waals surface area contributed by atoms with E-state index in [0.29, 0.717) is 5.92 Å². The molecule has 3 rings (SSSR count). The third kappa shape index (κ3) is 3.35. The second-order valence-corrected chi connectivity index (χ2v) is 7.05. The summed E-state index contributed by atoms with van der Waals surface area (Å²) in [5.41, 5.74) is -0.184. The van der Waals surface area contributed by atoms with Crippen molar-refractivity contribution >= 4 is 11.8 Å². The van der Waals surface area contributed by atoms with E-state index in [1.807, 2.05) is 23.9 Å². The van der Waals surface area contributed by atoms with Gasteiger partial charge in [-0.05, 0) is 67.7 Å². The van der Waals surface area contributed by atoms with Crippen LogP contribution in [0.2, 0.25) is 0 Å². The smallest absolute Gasteiger partial charge is 0.121 e. The van der Waals surface area contributed by atoms with Crippen LogP contribution in [0.5, 0.6) is 5.75 Å². The highest BCUT2D eigenvalue weighted by molar-refractivity contribution is 8.03. The first-order chi connectivity index (χ1) is 10.1. The topological polar surface area (TPSA) is 18.5 Å². The van der Waals surface area contributed by atoms with Crippen LogP contribution in [0.25, 0.3) is 0 Å². The number of hydrogen-bond acceptors (Lipinski definition) is 3. The Morgan fingerprint density at radius 2 is 1.95 bits per heavy atom. The maximum absolute atomic E-state index is 6.01. The third-order valence-corrected chi connectivity index (χ3v) is 4.71. The van der Waals surface area contributed by atoms with Crippen molar-refractivity contribution in [2.45, 2.75) is 30.8 Å². The molecule has 0 fully saturated rings. The monoisotopic (exact) mass is 300 g/mol. The van der Waals surface area contributed by atoms with E-state index in [9.17, 15) is 0 Å². The summed E-state index contributed by atoms with van der Waals surface area (Å²) in [5.74, 6) is 2.36. The molecule has 1 aromatic carbocycles. The molecule has 21 heavy (non-hydrogen) atoms. The molecular weight excluding hydrogens is 280 g/mol. The molecule has 0 saturated carbocycles. The Hall–Kier alpha value is -1.61. The van der Waals surface area contributed by atoms with Crippen LogP contribution in [0.1, 0.15) is 20.3 Å². The van der Waals surface area contributed by atoms with Gasteiger partial charge in [-0.25, -0.2) is 0 Å². The SMILES string of the molecule is COc1ccc(SC2=CC=C3OC(C)(C)C=CC3C2)cc1. The van der Waals surface area contributed by atoms with E-state index in [1.165, 1.54) is 9.80 Å². The van der Waals surface area contributed by atoms with Crippen molar-refractivity contribution in [3.63, 3.8) is 0 Å². The van der Waals surface area contributed by atoms with Gasteiger partial charge < -0.3 is 9.47 Å².